The molecule has 0 saturated heterocycles. The standard InChI is InChI=1S/C58H62BN3.C42H30BN3.14C2H6/c1-55(2,3)39-23-29-45(30-24-39)61-50-33-27-41(57(7,8)9)35-48(50)59-49-36-42(58(10,11)12)28-34-51(49)62(46-31-25-40(26-32-46)56(4,5)6)53-38-47(37-52(61)54(53)59)60(43-19-15-13-16-20-43)44-21-17-14-18-22-44;1-5-17-31(18-6-1)44(32-19-7-2-8-20-32)35-29-40-42-41(30-35)46(34-23-11-4-12-24-34)39-28-16-14-26-37(39)43(42)36-25-13-15-27-38(36)45(40)33-21-9-3-10-22-33;14*1-2/h13-38H,1-12H3;1-30H;14*1-2H3. The lowest BCUT2D eigenvalue weighted by atomic mass is 9.33. The third-order valence-corrected chi connectivity index (χ3v) is 22.2. The molecule has 0 amide bonds. The topological polar surface area (TPSA) is 19.4 Å². The first-order valence-corrected chi connectivity index (χ1v) is 52.3. The van der Waals surface area contributed by atoms with Crippen LogP contribution in [-0.2, 0) is 21.7 Å². The average molecular weight is 1820 g/mol. The number of para-hydroxylation sites is 8. The van der Waals surface area contributed by atoms with E-state index >= 15 is 0 Å². The maximum atomic E-state index is 2.56. The first-order valence-electron chi connectivity index (χ1n) is 52.3. The van der Waals surface area contributed by atoms with Gasteiger partial charge < -0.3 is 29.4 Å². The highest BCUT2D eigenvalue weighted by Gasteiger charge is 2.47. The second-order valence-electron chi connectivity index (χ2n) is 33.4. The Morgan fingerprint density at radius 3 is 0.574 bits per heavy atom. The molecule has 0 aromatic heterocycles. The van der Waals surface area contributed by atoms with Crippen molar-refractivity contribution in [2.75, 3.05) is 29.4 Å². The molecule has 14 aromatic carbocycles. The van der Waals surface area contributed by atoms with E-state index in [0.29, 0.717) is 0 Å². The summed E-state index contributed by atoms with van der Waals surface area (Å²) in [5.74, 6) is 0. The highest BCUT2D eigenvalue weighted by atomic mass is 15.2. The Morgan fingerprint density at radius 2 is 0.346 bits per heavy atom. The molecule has 18 rings (SSSR count). The maximum Gasteiger partial charge on any atom is 0.252 e. The van der Waals surface area contributed by atoms with Crippen LogP contribution in [0.25, 0.3) is 0 Å². The van der Waals surface area contributed by atoms with Crippen molar-refractivity contribution < 1.29 is 0 Å². The van der Waals surface area contributed by atoms with E-state index in [2.05, 4.69) is 452 Å². The van der Waals surface area contributed by atoms with Gasteiger partial charge in [-0.25, -0.2) is 0 Å². The van der Waals surface area contributed by atoms with E-state index in [4.69, 9.17) is 0 Å². The predicted molar refractivity (Wildman–Crippen MR) is 624 cm³/mol. The number of anilines is 18. The van der Waals surface area contributed by atoms with Crippen molar-refractivity contribution in [3.8, 4) is 0 Å². The zero-order chi connectivity index (χ0) is 102. The van der Waals surface area contributed by atoms with Crippen LogP contribution < -0.4 is 62.2 Å². The minimum absolute atomic E-state index is 0.000692. The molecule has 0 N–H and O–H groups in total. The summed E-state index contributed by atoms with van der Waals surface area (Å²) in [5, 5.41) is 0. The molecule has 0 bridgehead atoms. The lowest BCUT2D eigenvalue weighted by Crippen LogP contribution is -2.61. The van der Waals surface area contributed by atoms with Crippen LogP contribution in [0.4, 0.5) is 102 Å². The summed E-state index contributed by atoms with van der Waals surface area (Å²) in [7, 11) is 0. The lowest BCUT2D eigenvalue weighted by Gasteiger charge is -2.45. The third kappa shape index (κ3) is 27.3. The zero-order valence-electron chi connectivity index (χ0n) is 92.2. The van der Waals surface area contributed by atoms with Crippen molar-refractivity contribution in [3.63, 3.8) is 0 Å². The fourth-order valence-corrected chi connectivity index (χ4v) is 16.8. The summed E-state index contributed by atoms with van der Waals surface area (Å²) in [5.41, 5.74) is 34.2. The van der Waals surface area contributed by atoms with Gasteiger partial charge in [0, 0.05) is 91.0 Å². The molecule has 4 heterocycles. The van der Waals surface area contributed by atoms with Gasteiger partial charge in [0.05, 0.1) is 11.4 Å². The van der Waals surface area contributed by atoms with Gasteiger partial charge in [0.25, 0.3) is 13.4 Å². The molecule has 0 spiro atoms. The van der Waals surface area contributed by atoms with E-state index in [1.165, 1.54) is 101 Å². The molecule has 4 aliphatic heterocycles. The van der Waals surface area contributed by atoms with Crippen molar-refractivity contribution in [1.82, 2.24) is 0 Å². The van der Waals surface area contributed by atoms with Crippen LogP contribution in [0, 0.1) is 0 Å². The molecule has 0 fully saturated rings. The van der Waals surface area contributed by atoms with E-state index in [1.54, 1.807) is 0 Å². The maximum absolute atomic E-state index is 2.56. The Bertz CT molecular complexity index is 5290. The fourth-order valence-electron chi connectivity index (χ4n) is 16.8. The molecule has 136 heavy (non-hydrogen) atoms. The molecule has 0 saturated carbocycles. The van der Waals surface area contributed by atoms with Gasteiger partial charge in [0.2, 0.25) is 0 Å². The first kappa shape index (κ1) is 118. The third-order valence-electron chi connectivity index (χ3n) is 22.2. The van der Waals surface area contributed by atoms with Gasteiger partial charge in [-0.05, 0) is 222 Å². The monoisotopic (exact) mass is 1820 g/mol. The SMILES string of the molecule is CC.CC.CC.CC.CC.CC.CC.CC.CC.CC.CC.CC.CC.CC.CC(C)(C)c1ccc(N2c3ccc(C(C)(C)C)cc3B3c4cc(C(C)(C)C)ccc4N(c4ccc(C(C)(C)C)cc4)c4cc(N(c5ccccc5)c5ccccc5)cc2c43)cc1.c1ccc(N(c2ccccc2)c2cc3c4c(c2)N(c2ccccc2)c2ccccc2B4c2ccccc2N3c2ccccc2)cc1. The number of nitrogens with zero attached hydrogens (tertiary/aromatic N) is 6. The minimum Gasteiger partial charge on any atom is -0.311 e. The van der Waals surface area contributed by atoms with Crippen LogP contribution in [0.15, 0.2) is 340 Å². The second-order valence-corrected chi connectivity index (χ2v) is 33.4. The Hall–Kier alpha value is -12.0. The van der Waals surface area contributed by atoms with Crippen LogP contribution in [0.2, 0.25) is 0 Å². The summed E-state index contributed by atoms with van der Waals surface area (Å²) in [6.07, 6.45) is 0. The van der Waals surface area contributed by atoms with Crippen LogP contribution in [0.5, 0.6) is 0 Å². The van der Waals surface area contributed by atoms with Crippen molar-refractivity contribution in [3.05, 3.63) is 362 Å². The minimum atomic E-state index is -0.0291. The quantitative estimate of drug-likeness (QED) is 0.126. The smallest absolute Gasteiger partial charge is 0.252 e. The van der Waals surface area contributed by atoms with Gasteiger partial charge in [-0.15, -0.1) is 0 Å². The molecule has 8 heteroatoms. The van der Waals surface area contributed by atoms with Gasteiger partial charge in [0.1, 0.15) is 0 Å². The molecule has 4 aliphatic rings. The average Bonchev–Trinajstić information content (AvgIpc) is 0.692. The van der Waals surface area contributed by atoms with Crippen molar-refractivity contribution in [2.24, 2.45) is 0 Å². The lowest BCUT2D eigenvalue weighted by molar-refractivity contribution is 0.590. The van der Waals surface area contributed by atoms with E-state index in [1.807, 2.05) is 194 Å². The largest absolute Gasteiger partial charge is 0.311 e. The van der Waals surface area contributed by atoms with Crippen molar-refractivity contribution in [1.29, 1.82) is 0 Å². The number of hydrogen-bond donors (Lipinski definition) is 0. The molecule has 0 atom stereocenters. The summed E-state index contributed by atoms with van der Waals surface area (Å²) < 4.78 is 0. The first-order chi connectivity index (χ1) is 66.2. The summed E-state index contributed by atoms with van der Waals surface area (Å²) in [6, 6.07) is 125. The normalized spacial score (nSPS) is 11.1. The molecular formula is C128H176B2N6. The second kappa shape index (κ2) is 59.1. The van der Waals surface area contributed by atoms with E-state index < -0.39 is 0 Å². The predicted octanol–water partition coefficient (Wildman–Crippen LogP) is 38.0. The van der Waals surface area contributed by atoms with E-state index in [-0.39, 0.29) is 35.1 Å². The van der Waals surface area contributed by atoms with Crippen molar-refractivity contribution >= 4 is 149 Å². The molecule has 0 radical (unpaired) electrons. The van der Waals surface area contributed by atoms with Crippen LogP contribution in [0.1, 0.15) is 299 Å². The Labute approximate surface area is 832 Å². The molecule has 14 aromatic rings. The fraction of sp³-hybridized carbons (Fsp3) is 0.344. The van der Waals surface area contributed by atoms with Gasteiger partial charge in [-0.1, -0.05) is 471 Å². The molecule has 6 nitrogen and oxygen atoms in total. The Morgan fingerprint density at radius 1 is 0.162 bits per heavy atom. The molecule has 0 aliphatic carbocycles. The van der Waals surface area contributed by atoms with Gasteiger partial charge in [0.15, 0.2) is 0 Å². The van der Waals surface area contributed by atoms with E-state index in [9.17, 15) is 0 Å². The van der Waals surface area contributed by atoms with Gasteiger partial charge in [-0.2, -0.15) is 0 Å². The number of benzene rings is 14. The highest BCUT2D eigenvalue weighted by molar-refractivity contribution is 7.01. The van der Waals surface area contributed by atoms with E-state index in [0.717, 1.165) is 56.9 Å². The molecular weight excluding hydrogens is 1640 g/mol. The Balaban J connectivity index is 0.000000569. The highest BCUT2D eigenvalue weighted by Crippen LogP contribution is 2.52. The summed E-state index contributed by atoms with van der Waals surface area (Å²) >= 11 is 0. The van der Waals surface area contributed by atoms with Crippen molar-refractivity contribution in [2.45, 2.75) is 299 Å². The van der Waals surface area contributed by atoms with Crippen LogP contribution in [-0.4, -0.2) is 13.4 Å². The number of hydrogen-bond acceptors (Lipinski definition) is 6. The number of fused-ring (bicyclic) bond motifs is 8. The van der Waals surface area contributed by atoms with Gasteiger partial charge >= 0.3 is 0 Å². The molecule has 0 unspecified atom stereocenters. The Kier molecular flexibility index (Phi) is 51.4. The summed E-state index contributed by atoms with van der Waals surface area (Å²) in [6.45, 7) is 83.9. The zero-order valence-corrected chi connectivity index (χ0v) is 92.2. The van der Waals surface area contributed by atoms with Crippen LogP contribution >= 0.6 is 0 Å². The van der Waals surface area contributed by atoms with Gasteiger partial charge in [-0.3, -0.25) is 0 Å². The summed E-state index contributed by atoms with van der Waals surface area (Å²) in [4.78, 5) is 14.8. The number of rotatable bonds is 10. The van der Waals surface area contributed by atoms with Crippen LogP contribution in [0.3, 0.4) is 0 Å². The molecule has 724 valence electrons.